The average molecular weight is 282 g/mol. The maximum atomic E-state index is 8.65. The molecule has 2 aromatic rings. The maximum absolute atomic E-state index is 8.65. The van der Waals surface area contributed by atoms with Gasteiger partial charge in [-0.25, -0.2) is 0 Å². The van der Waals surface area contributed by atoms with Crippen molar-refractivity contribution in [3.05, 3.63) is 48.0 Å². The first-order valence-electron chi connectivity index (χ1n) is 6.78. The molecule has 0 spiro atoms. The van der Waals surface area contributed by atoms with E-state index in [1.165, 1.54) is 0 Å². The Balaban J connectivity index is 2.15. The molecule has 0 heterocycles. The van der Waals surface area contributed by atoms with Gasteiger partial charge in [0, 0.05) is 23.9 Å². The smallest absolute Gasteiger partial charge is 0.133 e. The second-order valence-electron chi connectivity index (χ2n) is 4.99. The highest BCUT2D eigenvalue weighted by molar-refractivity contribution is 5.51. The molecule has 2 aromatic carbocycles. The summed E-state index contributed by atoms with van der Waals surface area (Å²) in [7, 11) is 0. The summed E-state index contributed by atoms with van der Waals surface area (Å²) in [4.78, 5) is 0. The summed E-state index contributed by atoms with van der Waals surface area (Å²) in [5.41, 5.74) is 7.40. The third kappa shape index (κ3) is 4.43. The number of nitriles is 1. The minimum atomic E-state index is 0.0740. The maximum Gasteiger partial charge on any atom is 0.133 e. The van der Waals surface area contributed by atoms with E-state index in [2.05, 4.69) is 6.07 Å². The normalized spacial score (nSPS) is 10.2. The molecule has 2 N–H and O–H groups in total. The van der Waals surface area contributed by atoms with Crippen molar-refractivity contribution >= 4 is 5.69 Å². The second kappa shape index (κ2) is 6.67. The number of rotatable bonds is 5. The van der Waals surface area contributed by atoms with Crippen molar-refractivity contribution in [2.45, 2.75) is 26.4 Å². The van der Waals surface area contributed by atoms with Crippen molar-refractivity contribution in [2.24, 2.45) is 0 Å². The summed E-state index contributed by atoms with van der Waals surface area (Å²) >= 11 is 0. The number of nitrogens with zero attached hydrogens (tertiary/aromatic N) is 1. The van der Waals surface area contributed by atoms with Crippen LogP contribution in [0.2, 0.25) is 0 Å². The van der Waals surface area contributed by atoms with Crippen LogP contribution >= 0.6 is 0 Å². The molecule has 0 radical (unpaired) electrons. The quantitative estimate of drug-likeness (QED) is 0.844. The molecule has 0 bridgehead atoms. The lowest BCUT2D eigenvalue weighted by molar-refractivity contribution is 0.242. The van der Waals surface area contributed by atoms with E-state index in [4.69, 9.17) is 20.5 Å². The monoisotopic (exact) mass is 282 g/mol. The third-order valence-corrected chi connectivity index (χ3v) is 2.72. The summed E-state index contributed by atoms with van der Waals surface area (Å²) < 4.78 is 11.4. The zero-order valence-electron chi connectivity index (χ0n) is 12.2. The number of anilines is 1. The van der Waals surface area contributed by atoms with Gasteiger partial charge in [-0.1, -0.05) is 12.1 Å². The van der Waals surface area contributed by atoms with Crippen LogP contribution in [0.4, 0.5) is 5.69 Å². The average Bonchev–Trinajstić information content (AvgIpc) is 2.40. The molecule has 4 nitrogen and oxygen atoms in total. The standard InChI is InChI=1S/C17H18N2O2/c1-12(2)20-16-9-14(19)10-17(11-16)21-15-5-3-13(4-6-15)7-8-18/h3-6,9-12H,7,19H2,1-2H3. The van der Waals surface area contributed by atoms with Crippen LogP contribution in [0.25, 0.3) is 0 Å². The number of nitrogen functional groups attached to an aromatic ring is 1. The van der Waals surface area contributed by atoms with Crippen LogP contribution < -0.4 is 15.2 Å². The van der Waals surface area contributed by atoms with Crippen molar-refractivity contribution in [1.29, 1.82) is 5.26 Å². The summed E-state index contributed by atoms with van der Waals surface area (Å²) in [6.45, 7) is 3.91. The van der Waals surface area contributed by atoms with Gasteiger partial charge in [-0.3, -0.25) is 0 Å². The number of hydrogen-bond donors (Lipinski definition) is 1. The lowest BCUT2D eigenvalue weighted by atomic mass is 10.2. The van der Waals surface area contributed by atoms with E-state index >= 15 is 0 Å². The van der Waals surface area contributed by atoms with Gasteiger partial charge in [-0.15, -0.1) is 0 Å². The first kappa shape index (κ1) is 14.7. The Morgan fingerprint density at radius 3 is 2.33 bits per heavy atom. The highest BCUT2D eigenvalue weighted by atomic mass is 16.5. The van der Waals surface area contributed by atoms with Crippen LogP contribution in [-0.2, 0) is 6.42 Å². The summed E-state index contributed by atoms with van der Waals surface area (Å²) in [5.74, 6) is 2.00. The Labute approximate surface area is 124 Å². The Bertz CT molecular complexity index is 643. The predicted molar refractivity (Wildman–Crippen MR) is 82.5 cm³/mol. The van der Waals surface area contributed by atoms with Crippen LogP contribution in [0.1, 0.15) is 19.4 Å². The molecule has 2 rings (SSSR count). The van der Waals surface area contributed by atoms with Gasteiger partial charge in [0.15, 0.2) is 0 Å². The highest BCUT2D eigenvalue weighted by Crippen LogP contribution is 2.29. The Morgan fingerprint density at radius 2 is 1.71 bits per heavy atom. The van der Waals surface area contributed by atoms with E-state index in [-0.39, 0.29) is 6.10 Å². The van der Waals surface area contributed by atoms with Crippen LogP contribution in [0.5, 0.6) is 17.2 Å². The van der Waals surface area contributed by atoms with Crippen molar-refractivity contribution in [1.82, 2.24) is 0 Å². The van der Waals surface area contributed by atoms with Gasteiger partial charge in [0.1, 0.15) is 17.2 Å². The lowest BCUT2D eigenvalue weighted by Crippen LogP contribution is -2.05. The topological polar surface area (TPSA) is 68.3 Å². The molecule has 0 fully saturated rings. The van der Waals surface area contributed by atoms with Crippen molar-refractivity contribution in [3.8, 4) is 23.3 Å². The zero-order chi connectivity index (χ0) is 15.2. The molecular weight excluding hydrogens is 264 g/mol. The number of benzene rings is 2. The van der Waals surface area contributed by atoms with Gasteiger partial charge in [-0.2, -0.15) is 5.26 Å². The molecule has 0 saturated carbocycles. The minimum absolute atomic E-state index is 0.0740. The van der Waals surface area contributed by atoms with E-state index in [0.29, 0.717) is 29.4 Å². The largest absolute Gasteiger partial charge is 0.491 e. The lowest BCUT2D eigenvalue weighted by Gasteiger charge is -2.13. The molecule has 0 amide bonds. The van der Waals surface area contributed by atoms with Crippen molar-refractivity contribution in [2.75, 3.05) is 5.73 Å². The van der Waals surface area contributed by atoms with Gasteiger partial charge in [0.05, 0.1) is 18.6 Å². The highest BCUT2D eigenvalue weighted by Gasteiger charge is 2.04. The van der Waals surface area contributed by atoms with Gasteiger partial charge in [0.25, 0.3) is 0 Å². The molecule has 108 valence electrons. The predicted octanol–water partition coefficient (Wildman–Crippen LogP) is 3.91. The molecule has 0 saturated heterocycles. The first-order valence-corrected chi connectivity index (χ1v) is 6.78. The first-order chi connectivity index (χ1) is 10.1. The molecule has 0 aromatic heterocycles. The molecular formula is C17H18N2O2. The Morgan fingerprint density at radius 1 is 1.05 bits per heavy atom. The molecule has 0 aliphatic rings. The molecule has 0 atom stereocenters. The van der Waals surface area contributed by atoms with E-state index in [9.17, 15) is 0 Å². The number of hydrogen-bond acceptors (Lipinski definition) is 4. The van der Waals surface area contributed by atoms with E-state index in [0.717, 1.165) is 5.56 Å². The SMILES string of the molecule is CC(C)Oc1cc(N)cc(Oc2ccc(CC#N)cc2)c1. The van der Waals surface area contributed by atoms with Crippen LogP contribution in [0, 0.1) is 11.3 Å². The van der Waals surface area contributed by atoms with E-state index in [1.807, 2.05) is 38.1 Å². The van der Waals surface area contributed by atoms with Crippen LogP contribution in [0.3, 0.4) is 0 Å². The van der Waals surface area contributed by atoms with Crippen LogP contribution in [-0.4, -0.2) is 6.10 Å². The fraction of sp³-hybridized carbons (Fsp3) is 0.235. The van der Waals surface area contributed by atoms with Crippen LogP contribution in [0.15, 0.2) is 42.5 Å². The van der Waals surface area contributed by atoms with E-state index in [1.54, 1.807) is 18.2 Å². The van der Waals surface area contributed by atoms with Gasteiger partial charge >= 0.3 is 0 Å². The third-order valence-electron chi connectivity index (χ3n) is 2.72. The van der Waals surface area contributed by atoms with Gasteiger partial charge in [0.2, 0.25) is 0 Å². The molecule has 0 unspecified atom stereocenters. The fourth-order valence-electron chi connectivity index (χ4n) is 1.90. The fourth-order valence-corrected chi connectivity index (χ4v) is 1.90. The van der Waals surface area contributed by atoms with E-state index < -0.39 is 0 Å². The molecule has 0 aliphatic heterocycles. The summed E-state index contributed by atoms with van der Waals surface area (Å²) in [6, 6.07) is 14.8. The van der Waals surface area contributed by atoms with Gasteiger partial charge in [-0.05, 0) is 31.5 Å². The molecule has 0 aliphatic carbocycles. The second-order valence-corrected chi connectivity index (χ2v) is 4.99. The minimum Gasteiger partial charge on any atom is -0.491 e. The zero-order valence-corrected chi connectivity index (χ0v) is 12.2. The molecule has 21 heavy (non-hydrogen) atoms. The van der Waals surface area contributed by atoms with Crippen molar-refractivity contribution in [3.63, 3.8) is 0 Å². The molecule has 4 heteroatoms. The Hall–Kier alpha value is -2.67. The number of nitrogens with two attached hydrogens (primary N) is 1. The summed E-state index contributed by atoms with van der Waals surface area (Å²) in [6.07, 6.45) is 0.468. The Kier molecular flexibility index (Phi) is 4.68. The summed E-state index contributed by atoms with van der Waals surface area (Å²) in [5, 5.41) is 8.65. The number of ether oxygens (including phenoxy) is 2. The van der Waals surface area contributed by atoms with Crippen molar-refractivity contribution < 1.29 is 9.47 Å². The van der Waals surface area contributed by atoms with Gasteiger partial charge < -0.3 is 15.2 Å².